The van der Waals surface area contributed by atoms with Gasteiger partial charge in [-0.05, 0) is 103 Å². The fraction of sp³-hybridized carbons (Fsp3) is 0.812. The third-order valence-electron chi connectivity index (χ3n) is 12.8. The number of fused-ring (bicyclic) bond motifs is 8. The van der Waals surface area contributed by atoms with E-state index in [9.17, 15) is 0 Å². The van der Waals surface area contributed by atoms with E-state index < -0.39 is 0 Å². The lowest BCUT2D eigenvalue weighted by molar-refractivity contribution is -0.132. The van der Waals surface area contributed by atoms with Gasteiger partial charge in [0.25, 0.3) is 0 Å². The maximum absolute atomic E-state index is 4.91. The normalized spacial score (nSPS) is 48.4. The molecule has 3 saturated carbocycles. The summed E-state index contributed by atoms with van der Waals surface area (Å²) in [7, 11) is 0. The molecule has 3 fully saturated rings. The van der Waals surface area contributed by atoms with Crippen molar-refractivity contribution in [2.75, 3.05) is 0 Å². The van der Waals surface area contributed by atoms with Crippen LogP contribution in [0.3, 0.4) is 0 Å². The number of hydrogen-bond donors (Lipinski definition) is 0. The van der Waals surface area contributed by atoms with Crippen molar-refractivity contribution in [3.05, 3.63) is 35.4 Å². The first-order chi connectivity index (χ1) is 15.8. The van der Waals surface area contributed by atoms with Gasteiger partial charge in [-0.15, -0.1) is 0 Å². The van der Waals surface area contributed by atoms with Crippen LogP contribution in [0.4, 0.5) is 0 Å². The Kier molecular flexibility index (Phi) is 4.63. The van der Waals surface area contributed by atoms with Crippen LogP contribution < -0.4 is 0 Å². The van der Waals surface area contributed by atoms with Gasteiger partial charge in [0.1, 0.15) is 0 Å². The van der Waals surface area contributed by atoms with Gasteiger partial charge >= 0.3 is 0 Å². The van der Waals surface area contributed by atoms with Gasteiger partial charge in [0, 0.05) is 17.8 Å². The molecule has 0 spiro atoms. The van der Waals surface area contributed by atoms with E-state index in [-0.39, 0.29) is 5.41 Å². The Bertz CT molecular complexity index is 1050. The first kappa shape index (κ1) is 23.2. The molecule has 7 atom stereocenters. The van der Waals surface area contributed by atoms with Gasteiger partial charge in [0.15, 0.2) is 0 Å². The zero-order valence-electron chi connectivity index (χ0n) is 23.2. The molecule has 0 saturated heterocycles. The van der Waals surface area contributed by atoms with E-state index in [1.807, 2.05) is 18.0 Å². The molecule has 0 amide bonds. The van der Waals surface area contributed by atoms with Crippen molar-refractivity contribution in [3.63, 3.8) is 0 Å². The van der Waals surface area contributed by atoms with E-state index in [0.29, 0.717) is 33.0 Å². The molecule has 1 aromatic heterocycles. The Hall–Kier alpha value is -1.18. The van der Waals surface area contributed by atoms with Crippen molar-refractivity contribution in [1.82, 2.24) is 9.97 Å². The van der Waals surface area contributed by atoms with Gasteiger partial charge in [0.2, 0.25) is 0 Å². The lowest BCUT2D eigenvalue weighted by atomic mass is 9.35. The smallest absolute Gasteiger partial charge is 0.0678 e. The van der Waals surface area contributed by atoms with Crippen molar-refractivity contribution in [2.45, 2.75) is 119 Å². The number of aromatic nitrogens is 2. The molecule has 0 bridgehead atoms. The Morgan fingerprint density at radius 2 is 1.38 bits per heavy atom. The molecular formula is C32H48N2. The fourth-order valence-corrected chi connectivity index (χ4v) is 11.2. The van der Waals surface area contributed by atoms with Crippen LogP contribution in [-0.4, -0.2) is 9.97 Å². The molecular weight excluding hydrogens is 412 g/mol. The topological polar surface area (TPSA) is 25.8 Å². The predicted octanol–water partition coefficient (Wildman–Crippen LogP) is 8.31. The number of nitrogens with zero attached hydrogens (tertiary/aromatic N) is 2. The summed E-state index contributed by atoms with van der Waals surface area (Å²) in [6.45, 7) is 20.7. The maximum atomic E-state index is 4.91. The van der Waals surface area contributed by atoms with Crippen LogP contribution in [0.15, 0.2) is 24.0 Å². The van der Waals surface area contributed by atoms with Crippen LogP contribution in [0.25, 0.3) is 0 Å². The van der Waals surface area contributed by atoms with Gasteiger partial charge in [-0.25, -0.2) is 0 Å². The molecule has 1 aromatic rings. The fourth-order valence-electron chi connectivity index (χ4n) is 11.2. The monoisotopic (exact) mass is 460 g/mol. The highest BCUT2D eigenvalue weighted by Gasteiger charge is 2.66. The van der Waals surface area contributed by atoms with E-state index in [2.05, 4.69) is 61.5 Å². The summed E-state index contributed by atoms with van der Waals surface area (Å²) in [6.07, 6.45) is 18.7. The number of rotatable bonds is 0. The van der Waals surface area contributed by atoms with Gasteiger partial charge in [-0.2, -0.15) is 0 Å². The Balaban J connectivity index is 1.44. The average Bonchev–Trinajstić information content (AvgIpc) is 2.74. The van der Waals surface area contributed by atoms with Gasteiger partial charge in [0.05, 0.1) is 11.4 Å². The van der Waals surface area contributed by atoms with Crippen molar-refractivity contribution in [2.24, 2.45) is 44.8 Å². The Morgan fingerprint density at radius 3 is 2.12 bits per heavy atom. The highest BCUT2D eigenvalue weighted by atomic mass is 14.9. The zero-order chi connectivity index (χ0) is 24.4. The van der Waals surface area contributed by atoms with E-state index in [1.165, 1.54) is 62.8 Å². The molecule has 186 valence electrons. The lowest BCUT2D eigenvalue weighted by Crippen LogP contribution is -2.62. The molecule has 0 aliphatic heterocycles. The van der Waals surface area contributed by atoms with E-state index in [0.717, 1.165) is 18.3 Å². The third kappa shape index (κ3) is 2.81. The van der Waals surface area contributed by atoms with Gasteiger partial charge in [-0.1, -0.05) is 67.0 Å². The molecule has 3 unspecified atom stereocenters. The highest BCUT2D eigenvalue weighted by Crippen LogP contribution is 2.74. The largest absolute Gasteiger partial charge is 0.258 e. The second-order valence-corrected chi connectivity index (χ2v) is 15.7. The van der Waals surface area contributed by atoms with Crippen molar-refractivity contribution < 1.29 is 0 Å². The van der Waals surface area contributed by atoms with Crippen LogP contribution in [0.2, 0.25) is 0 Å². The Labute approximate surface area is 208 Å². The average molecular weight is 461 g/mol. The summed E-state index contributed by atoms with van der Waals surface area (Å²) in [5.41, 5.74) is 6.53. The van der Waals surface area contributed by atoms with Gasteiger partial charge < -0.3 is 0 Å². The summed E-state index contributed by atoms with van der Waals surface area (Å²) < 4.78 is 0. The number of allylic oxidation sites excluding steroid dienone is 2. The first-order valence-corrected chi connectivity index (χ1v) is 14.3. The quantitative estimate of drug-likeness (QED) is 0.364. The first-order valence-electron chi connectivity index (χ1n) is 14.3. The second kappa shape index (κ2) is 6.77. The molecule has 2 nitrogen and oxygen atoms in total. The van der Waals surface area contributed by atoms with Crippen LogP contribution >= 0.6 is 0 Å². The summed E-state index contributed by atoms with van der Waals surface area (Å²) in [6, 6.07) is 0. The minimum absolute atomic E-state index is 0.103. The molecule has 2 heteroatoms. The predicted molar refractivity (Wildman–Crippen MR) is 140 cm³/mol. The molecule has 5 aliphatic rings. The Morgan fingerprint density at radius 1 is 0.735 bits per heavy atom. The van der Waals surface area contributed by atoms with Crippen LogP contribution in [0, 0.1) is 44.8 Å². The van der Waals surface area contributed by atoms with Crippen molar-refractivity contribution in [1.29, 1.82) is 0 Å². The third-order valence-corrected chi connectivity index (χ3v) is 12.8. The summed E-state index contributed by atoms with van der Waals surface area (Å²) >= 11 is 0. The molecule has 0 radical (unpaired) electrons. The van der Waals surface area contributed by atoms with E-state index in [4.69, 9.17) is 9.97 Å². The van der Waals surface area contributed by atoms with Crippen molar-refractivity contribution >= 4 is 0 Å². The minimum Gasteiger partial charge on any atom is -0.258 e. The summed E-state index contributed by atoms with van der Waals surface area (Å²) in [4.78, 5) is 9.79. The van der Waals surface area contributed by atoms with E-state index in [1.54, 1.807) is 0 Å². The molecule has 6 rings (SSSR count). The standard InChI is InChI=1S/C32H48N2/c1-27(2)15-16-29(5)12-9-23-30(6)13-10-22-28(3,4)26-21(33-17-18-34-26)19-32(22,8)24(30)11-14-31(23,7)25(29)20-27/h9,17-18,22,24-25H,10-16,19-20H2,1-8H3/t22?,24?,25?,29-,30-,31+,32-/m0/s1. The zero-order valence-corrected chi connectivity index (χ0v) is 23.2. The molecule has 0 N–H and O–H groups in total. The number of hydrogen-bond acceptors (Lipinski definition) is 2. The summed E-state index contributed by atoms with van der Waals surface area (Å²) in [5, 5.41) is 0. The van der Waals surface area contributed by atoms with E-state index >= 15 is 0 Å². The minimum atomic E-state index is 0.103. The van der Waals surface area contributed by atoms with Crippen LogP contribution in [0.5, 0.6) is 0 Å². The van der Waals surface area contributed by atoms with Crippen molar-refractivity contribution in [3.8, 4) is 0 Å². The maximum Gasteiger partial charge on any atom is 0.0678 e. The SMILES string of the molecule is CC1(C)CC[C@]2(C)CC=C3[C@]4(C)CCC5C(C)(C)c6nccnc6C[C@]5(C)C4CC[C@@]3(C)C2C1. The second-order valence-electron chi connectivity index (χ2n) is 15.7. The molecule has 1 heterocycles. The molecule has 34 heavy (non-hydrogen) atoms. The molecule has 0 aromatic carbocycles. The van der Waals surface area contributed by atoms with Crippen LogP contribution in [-0.2, 0) is 11.8 Å². The van der Waals surface area contributed by atoms with Gasteiger partial charge in [-0.3, -0.25) is 9.97 Å². The van der Waals surface area contributed by atoms with Crippen LogP contribution in [0.1, 0.15) is 118 Å². The summed E-state index contributed by atoms with van der Waals surface area (Å²) in [5.74, 6) is 2.27. The molecule has 5 aliphatic carbocycles. The lowest BCUT2D eigenvalue weighted by Gasteiger charge is -2.69. The highest BCUT2D eigenvalue weighted by molar-refractivity contribution is 5.37.